The van der Waals surface area contributed by atoms with Crippen LogP contribution in [0.15, 0.2) is 29.3 Å². The Bertz CT molecular complexity index is 660. The first-order valence-electron chi connectivity index (χ1n) is 10.9. The van der Waals surface area contributed by atoms with E-state index in [9.17, 15) is 8.78 Å². The van der Waals surface area contributed by atoms with Crippen LogP contribution >= 0.6 is 24.0 Å². The zero-order valence-corrected chi connectivity index (χ0v) is 21.8. The molecule has 1 aliphatic heterocycles. The highest BCUT2D eigenvalue weighted by atomic mass is 127. The number of benzene rings is 1. The van der Waals surface area contributed by atoms with Crippen LogP contribution in [0.3, 0.4) is 0 Å². The molecule has 0 aromatic heterocycles. The maximum Gasteiger partial charge on any atom is 0.251 e. The maximum atomic E-state index is 12.5. The molecule has 1 saturated heterocycles. The molecule has 0 bridgehead atoms. The molecule has 0 spiro atoms. The Kier molecular flexibility index (Phi) is 12.1. The molecule has 0 unspecified atom stereocenters. The summed E-state index contributed by atoms with van der Waals surface area (Å²) in [7, 11) is 1.76. The van der Waals surface area contributed by atoms with Gasteiger partial charge in [-0.1, -0.05) is 39.8 Å². The Morgan fingerprint density at radius 3 is 2.32 bits per heavy atom. The molecule has 31 heavy (non-hydrogen) atoms. The van der Waals surface area contributed by atoms with E-state index in [2.05, 4.69) is 55.5 Å². The van der Waals surface area contributed by atoms with Gasteiger partial charge >= 0.3 is 0 Å². The molecule has 0 aliphatic carbocycles. The van der Waals surface area contributed by atoms with Crippen molar-refractivity contribution in [3.63, 3.8) is 0 Å². The number of hydrogen-bond donors (Lipinski definition) is 2. The minimum Gasteiger partial charge on any atom is -0.493 e. The van der Waals surface area contributed by atoms with E-state index in [1.54, 1.807) is 7.05 Å². The van der Waals surface area contributed by atoms with Gasteiger partial charge in [0.15, 0.2) is 5.96 Å². The number of aliphatic imine (C=N–C) groups is 1. The van der Waals surface area contributed by atoms with E-state index in [4.69, 9.17) is 4.74 Å². The Morgan fingerprint density at radius 1 is 1.19 bits per heavy atom. The molecule has 1 aromatic rings. The number of halogens is 3. The van der Waals surface area contributed by atoms with Crippen molar-refractivity contribution in [1.29, 1.82) is 0 Å². The van der Waals surface area contributed by atoms with Gasteiger partial charge in [-0.05, 0) is 36.5 Å². The highest BCUT2D eigenvalue weighted by Crippen LogP contribution is 2.25. The number of ether oxygens (including phenoxy) is 1. The van der Waals surface area contributed by atoms with Gasteiger partial charge in [0.25, 0.3) is 6.43 Å². The van der Waals surface area contributed by atoms with E-state index in [0.29, 0.717) is 25.6 Å². The highest BCUT2D eigenvalue weighted by molar-refractivity contribution is 14.0. The lowest BCUT2D eigenvalue weighted by Crippen LogP contribution is -2.51. The van der Waals surface area contributed by atoms with Crippen molar-refractivity contribution in [2.75, 3.05) is 39.8 Å². The molecule has 2 N–H and O–H groups in total. The van der Waals surface area contributed by atoms with Crippen molar-refractivity contribution in [3.05, 3.63) is 29.8 Å². The molecule has 1 aliphatic rings. The summed E-state index contributed by atoms with van der Waals surface area (Å²) in [5, 5.41) is 6.87. The first-order chi connectivity index (χ1) is 14.2. The van der Waals surface area contributed by atoms with E-state index >= 15 is 0 Å². The molecule has 0 saturated carbocycles. The van der Waals surface area contributed by atoms with Gasteiger partial charge in [0, 0.05) is 38.1 Å². The summed E-state index contributed by atoms with van der Waals surface area (Å²) in [6, 6.07) is 8.54. The number of nitrogens with zero attached hydrogens (tertiary/aromatic N) is 2. The normalized spacial score (nSPS) is 16.4. The van der Waals surface area contributed by atoms with Crippen molar-refractivity contribution in [1.82, 2.24) is 15.5 Å². The zero-order chi connectivity index (χ0) is 22.1. The van der Waals surface area contributed by atoms with Gasteiger partial charge in [0.1, 0.15) is 5.75 Å². The standard InChI is InChI=1S/C23H38F2N4O.HI/c1-17(2)15-30-20-8-6-18(7-9-20)23(3,4)16-27-22(26-5)28-19-10-12-29(13-11-19)14-21(24)25;/h6-9,17,19,21H,10-16H2,1-5H3,(H2,26,27,28);1H. The Morgan fingerprint density at radius 2 is 1.81 bits per heavy atom. The monoisotopic (exact) mass is 552 g/mol. The molecule has 178 valence electrons. The highest BCUT2D eigenvalue weighted by Gasteiger charge is 2.24. The number of guanidine groups is 1. The summed E-state index contributed by atoms with van der Waals surface area (Å²) in [4.78, 5) is 6.17. The summed E-state index contributed by atoms with van der Waals surface area (Å²) in [6.07, 6.45) is -0.578. The lowest BCUT2D eigenvalue weighted by molar-refractivity contribution is 0.0744. The summed E-state index contributed by atoms with van der Waals surface area (Å²) in [6.45, 7) is 11.4. The Labute approximate surface area is 203 Å². The summed E-state index contributed by atoms with van der Waals surface area (Å²) in [5.74, 6) is 2.15. The lowest BCUT2D eigenvalue weighted by atomic mass is 9.84. The SMILES string of the molecule is CN=C(NCC(C)(C)c1ccc(OCC(C)C)cc1)NC1CCN(CC(F)F)CC1.I. The average molecular weight is 552 g/mol. The topological polar surface area (TPSA) is 48.9 Å². The fourth-order valence-corrected chi connectivity index (χ4v) is 3.52. The van der Waals surface area contributed by atoms with E-state index in [-0.39, 0.29) is 42.0 Å². The number of piperidine rings is 1. The number of rotatable bonds is 9. The molecule has 0 amide bonds. The van der Waals surface area contributed by atoms with Crippen molar-refractivity contribution >= 4 is 29.9 Å². The predicted molar refractivity (Wildman–Crippen MR) is 135 cm³/mol. The number of nitrogens with one attached hydrogen (secondary N) is 2. The zero-order valence-electron chi connectivity index (χ0n) is 19.5. The smallest absolute Gasteiger partial charge is 0.251 e. The van der Waals surface area contributed by atoms with Crippen LogP contribution in [0.5, 0.6) is 5.75 Å². The van der Waals surface area contributed by atoms with Crippen LogP contribution in [0, 0.1) is 5.92 Å². The number of hydrogen-bond acceptors (Lipinski definition) is 3. The first-order valence-corrected chi connectivity index (χ1v) is 10.9. The van der Waals surface area contributed by atoms with Crippen molar-refractivity contribution in [2.24, 2.45) is 10.9 Å². The maximum absolute atomic E-state index is 12.5. The van der Waals surface area contributed by atoms with Crippen LogP contribution in [-0.4, -0.2) is 63.2 Å². The third-order valence-electron chi connectivity index (χ3n) is 5.47. The molecule has 8 heteroatoms. The second-order valence-electron chi connectivity index (χ2n) is 9.15. The van der Waals surface area contributed by atoms with E-state index in [0.717, 1.165) is 31.1 Å². The van der Waals surface area contributed by atoms with Crippen molar-refractivity contribution in [3.8, 4) is 5.75 Å². The molecule has 1 heterocycles. The largest absolute Gasteiger partial charge is 0.493 e. The molecular formula is C23H39F2IN4O. The summed E-state index contributed by atoms with van der Waals surface area (Å²) >= 11 is 0. The minimum absolute atomic E-state index is 0. The second-order valence-corrected chi connectivity index (χ2v) is 9.15. The fraction of sp³-hybridized carbons (Fsp3) is 0.696. The van der Waals surface area contributed by atoms with E-state index < -0.39 is 6.43 Å². The lowest BCUT2D eigenvalue weighted by Gasteiger charge is -2.33. The van der Waals surface area contributed by atoms with Gasteiger partial charge < -0.3 is 15.4 Å². The Balaban J connectivity index is 0.00000480. The number of likely N-dealkylation sites (tertiary alicyclic amines) is 1. The molecule has 2 rings (SSSR count). The summed E-state index contributed by atoms with van der Waals surface area (Å²) in [5.41, 5.74) is 1.14. The predicted octanol–water partition coefficient (Wildman–Crippen LogP) is 4.51. The van der Waals surface area contributed by atoms with Crippen LogP contribution in [0.1, 0.15) is 46.1 Å². The van der Waals surface area contributed by atoms with Crippen LogP contribution < -0.4 is 15.4 Å². The van der Waals surface area contributed by atoms with Gasteiger partial charge in [-0.25, -0.2) is 8.78 Å². The van der Waals surface area contributed by atoms with Crippen LogP contribution in [-0.2, 0) is 5.41 Å². The molecular weight excluding hydrogens is 513 g/mol. The van der Waals surface area contributed by atoms with Gasteiger partial charge in [0.05, 0.1) is 13.2 Å². The van der Waals surface area contributed by atoms with Gasteiger partial charge in [-0.15, -0.1) is 24.0 Å². The summed E-state index contributed by atoms with van der Waals surface area (Å²) < 4.78 is 30.8. The van der Waals surface area contributed by atoms with Gasteiger partial charge in [0.2, 0.25) is 0 Å². The average Bonchev–Trinajstić information content (AvgIpc) is 2.70. The number of alkyl halides is 2. The fourth-order valence-electron chi connectivity index (χ4n) is 3.52. The molecule has 1 aromatic carbocycles. The Hall–Kier alpha value is -1.16. The van der Waals surface area contributed by atoms with Gasteiger partial charge in [-0.2, -0.15) is 0 Å². The van der Waals surface area contributed by atoms with Gasteiger partial charge in [-0.3, -0.25) is 9.89 Å². The first kappa shape index (κ1) is 27.9. The van der Waals surface area contributed by atoms with Crippen molar-refractivity contribution in [2.45, 2.75) is 58.4 Å². The van der Waals surface area contributed by atoms with Crippen LogP contribution in [0.4, 0.5) is 8.78 Å². The molecule has 0 radical (unpaired) electrons. The minimum atomic E-state index is -2.26. The third kappa shape index (κ3) is 9.89. The van der Waals surface area contributed by atoms with Crippen LogP contribution in [0.25, 0.3) is 0 Å². The van der Waals surface area contributed by atoms with E-state index in [1.807, 2.05) is 17.0 Å². The molecule has 0 atom stereocenters. The van der Waals surface area contributed by atoms with Crippen LogP contribution in [0.2, 0.25) is 0 Å². The molecule has 5 nitrogen and oxygen atoms in total. The third-order valence-corrected chi connectivity index (χ3v) is 5.47. The molecule has 1 fully saturated rings. The quantitative estimate of drug-likeness (QED) is 0.269. The van der Waals surface area contributed by atoms with Crippen molar-refractivity contribution < 1.29 is 13.5 Å². The second kappa shape index (κ2) is 13.4. The van der Waals surface area contributed by atoms with E-state index in [1.165, 1.54) is 5.56 Å².